The number of carbonyl (C=O) groups is 1. The number of anilines is 3. The molecule has 2 aliphatic rings. The average Bonchev–Trinajstić information content (AvgIpc) is 2.87. The van der Waals surface area contributed by atoms with E-state index in [1.807, 2.05) is 12.1 Å². The highest BCUT2D eigenvalue weighted by molar-refractivity contribution is 6.30. The molecule has 4 atom stereocenters. The average molecular weight is 503 g/mol. The number of halogens is 1. The summed E-state index contributed by atoms with van der Waals surface area (Å²) in [5.41, 5.74) is 10.5. The molecule has 6 heteroatoms. The predicted molar refractivity (Wildman–Crippen MR) is 147 cm³/mol. The van der Waals surface area contributed by atoms with Gasteiger partial charge in [0.2, 0.25) is 5.91 Å². The fourth-order valence-electron chi connectivity index (χ4n) is 6.49. The molecule has 0 aliphatic heterocycles. The van der Waals surface area contributed by atoms with Gasteiger partial charge in [0.05, 0.1) is 11.1 Å². The van der Waals surface area contributed by atoms with Crippen LogP contribution >= 0.6 is 11.6 Å². The lowest BCUT2D eigenvalue weighted by Gasteiger charge is -2.52. The van der Waals surface area contributed by atoms with Gasteiger partial charge in [-0.3, -0.25) is 9.69 Å². The first-order valence-corrected chi connectivity index (χ1v) is 13.4. The molecule has 1 fully saturated rings. The molecule has 0 radical (unpaired) electrons. The Kier molecular flexibility index (Phi) is 6.54. The zero-order valence-electron chi connectivity index (χ0n) is 21.5. The van der Waals surface area contributed by atoms with Crippen LogP contribution < -0.4 is 10.6 Å². The molecule has 1 saturated carbocycles. The number of amides is 1. The van der Waals surface area contributed by atoms with Crippen LogP contribution in [-0.4, -0.2) is 15.9 Å². The number of rotatable bonds is 4. The molecule has 3 aromatic rings. The van der Waals surface area contributed by atoms with E-state index in [1.165, 1.54) is 23.0 Å². The Labute approximate surface area is 219 Å². The van der Waals surface area contributed by atoms with E-state index in [-0.39, 0.29) is 11.8 Å². The highest BCUT2D eigenvalue weighted by Crippen LogP contribution is 2.57. The van der Waals surface area contributed by atoms with Gasteiger partial charge in [-0.25, -0.2) is 9.97 Å². The molecule has 0 unspecified atom stereocenters. The molecule has 2 aliphatic carbocycles. The lowest BCUT2D eigenvalue weighted by molar-refractivity contribution is -0.134. The van der Waals surface area contributed by atoms with Crippen molar-refractivity contribution in [3.8, 4) is 0 Å². The molecule has 2 aromatic carbocycles. The Hall–Kier alpha value is -2.92. The molecule has 0 bridgehead atoms. The molecule has 0 spiro atoms. The van der Waals surface area contributed by atoms with Gasteiger partial charge >= 0.3 is 0 Å². The minimum absolute atomic E-state index is 0.0621. The molecule has 5 nitrogen and oxygen atoms in total. The molecule has 1 amide bonds. The maximum absolute atomic E-state index is 14.6. The predicted octanol–water partition coefficient (Wildman–Crippen LogP) is 7.28. The van der Waals surface area contributed by atoms with E-state index >= 15 is 0 Å². The second-order valence-electron chi connectivity index (χ2n) is 11.1. The molecular weight excluding hydrogens is 468 g/mol. The van der Waals surface area contributed by atoms with Crippen molar-refractivity contribution in [2.45, 2.75) is 65.2 Å². The number of carbonyl (C=O) groups excluding carboxylic acids is 1. The monoisotopic (exact) mass is 502 g/mol. The summed E-state index contributed by atoms with van der Waals surface area (Å²) in [4.78, 5) is 24.8. The zero-order chi connectivity index (χ0) is 25.6. The van der Waals surface area contributed by atoms with Crippen LogP contribution in [0, 0.1) is 17.3 Å². The van der Waals surface area contributed by atoms with Crippen molar-refractivity contribution >= 4 is 34.8 Å². The summed E-state index contributed by atoms with van der Waals surface area (Å²) in [5, 5.41) is 0.621. The first kappa shape index (κ1) is 24.8. The van der Waals surface area contributed by atoms with E-state index in [0.29, 0.717) is 34.4 Å². The minimum Gasteiger partial charge on any atom is -0.384 e. The maximum Gasteiger partial charge on any atom is 0.238 e. The second kappa shape index (κ2) is 9.51. The van der Waals surface area contributed by atoms with Crippen molar-refractivity contribution in [3.63, 3.8) is 0 Å². The molecular formula is C30H35ClN4O. The van der Waals surface area contributed by atoms with E-state index in [4.69, 9.17) is 17.3 Å². The van der Waals surface area contributed by atoms with E-state index in [2.05, 4.69) is 55.9 Å². The number of benzene rings is 2. The lowest BCUT2D eigenvalue weighted by atomic mass is 9.53. The number of nitrogens with two attached hydrogens (primary N) is 1. The molecule has 188 valence electrons. The second-order valence-corrected chi connectivity index (χ2v) is 11.6. The summed E-state index contributed by atoms with van der Waals surface area (Å²) >= 11 is 6.18. The summed E-state index contributed by atoms with van der Waals surface area (Å²) in [7, 11) is 0. The van der Waals surface area contributed by atoms with Gasteiger partial charge in [-0.2, -0.15) is 0 Å². The Morgan fingerprint density at radius 3 is 2.56 bits per heavy atom. The Morgan fingerprint density at radius 2 is 1.86 bits per heavy atom. The third-order valence-corrected chi connectivity index (χ3v) is 8.83. The van der Waals surface area contributed by atoms with E-state index in [9.17, 15) is 4.79 Å². The topological polar surface area (TPSA) is 72.1 Å². The van der Waals surface area contributed by atoms with Gasteiger partial charge in [-0.1, -0.05) is 57.5 Å². The third-order valence-electron chi connectivity index (χ3n) is 8.58. The van der Waals surface area contributed by atoms with Crippen LogP contribution in [0.1, 0.15) is 75.5 Å². The maximum atomic E-state index is 14.6. The van der Waals surface area contributed by atoms with Crippen molar-refractivity contribution in [1.82, 2.24) is 9.97 Å². The van der Waals surface area contributed by atoms with Crippen molar-refractivity contribution in [1.29, 1.82) is 0 Å². The Morgan fingerprint density at radius 1 is 1.11 bits per heavy atom. The van der Waals surface area contributed by atoms with Gasteiger partial charge in [-0.05, 0) is 90.3 Å². The molecule has 5 rings (SSSR count). The normalized spacial score (nSPS) is 25.2. The van der Waals surface area contributed by atoms with Gasteiger partial charge in [0.15, 0.2) is 0 Å². The van der Waals surface area contributed by atoms with Crippen LogP contribution in [0.3, 0.4) is 0 Å². The fraction of sp³-hybridized carbons (Fsp3) is 0.433. The largest absolute Gasteiger partial charge is 0.384 e. The van der Waals surface area contributed by atoms with Gasteiger partial charge in [-0.15, -0.1) is 0 Å². The number of aryl methyl sites for hydroxylation is 1. The summed E-state index contributed by atoms with van der Waals surface area (Å²) in [6.45, 7) is 9.02. The minimum atomic E-state index is -0.537. The number of aromatic nitrogens is 2. The standard InChI is InChI=1S/C30H35ClN4O/c1-18(2)20-5-11-24-21(15-20)6-12-25-28(24)19(3)13-14-30(25,4)29(36)35(23-9-7-22(31)8-10-23)27-16-26(32)33-17-34-27/h5,7-11,15-19,25,28H,6,12-14H2,1-4H3,(H2,32,33,34)/t19-,25+,28+,30+/m0/s1. The number of nitrogens with zero attached hydrogens (tertiary/aromatic N) is 3. The quantitative estimate of drug-likeness (QED) is 0.406. The summed E-state index contributed by atoms with van der Waals surface area (Å²) in [6.07, 6.45) is 5.28. The van der Waals surface area contributed by atoms with Crippen molar-refractivity contribution < 1.29 is 4.79 Å². The number of nitrogen functional groups attached to an aromatic ring is 1. The van der Waals surface area contributed by atoms with E-state index < -0.39 is 5.41 Å². The first-order valence-electron chi connectivity index (χ1n) is 13.0. The van der Waals surface area contributed by atoms with Gasteiger partial charge in [0, 0.05) is 11.1 Å². The fourth-order valence-corrected chi connectivity index (χ4v) is 6.62. The molecule has 36 heavy (non-hydrogen) atoms. The smallest absolute Gasteiger partial charge is 0.238 e. The van der Waals surface area contributed by atoms with Gasteiger partial charge in [0.1, 0.15) is 18.0 Å². The van der Waals surface area contributed by atoms with Crippen LogP contribution in [0.4, 0.5) is 17.3 Å². The van der Waals surface area contributed by atoms with E-state index in [1.54, 1.807) is 23.1 Å². The Balaban J connectivity index is 1.57. The van der Waals surface area contributed by atoms with Crippen LogP contribution in [0.15, 0.2) is 54.9 Å². The van der Waals surface area contributed by atoms with Crippen molar-refractivity contribution in [3.05, 3.63) is 76.6 Å². The number of hydrogen-bond acceptors (Lipinski definition) is 4. The van der Waals surface area contributed by atoms with Gasteiger partial charge in [0.25, 0.3) is 0 Å². The van der Waals surface area contributed by atoms with Crippen molar-refractivity contribution in [2.75, 3.05) is 10.6 Å². The summed E-state index contributed by atoms with van der Waals surface area (Å²) < 4.78 is 0. The van der Waals surface area contributed by atoms with Crippen LogP contribution in [0.25, 0.3) is 0 Å². The SMILES string of the molecule is CC(C)c1ccc2c(c1)CC[C@@H]1[C@@H]2[C@@H](C)CC[C@@]1(C)C(=O)N(c1ccc(Cl)cc1)c1cc(N)ncn1. The highest BCUT2D eigenvalue weighted by Gasteiger charge is 2.53. The van der Waals surface area contributed by atoms with Crippen LogP contribution in [0.5, 0.6) is 0 Å². The number of hydrogen-bond donors (Lipinski definition) is 1. The summed E-state index contributed by atoms with van der Waals surface area (Å²) in [5.74, 6) is 2.53. The van der Waals surface area contributed by atoms with Crippen LogP contribution in [-0.2, 0) is 11.2 Å². The Bertz CT molecular complexity index is 1270. The molecule has 1 aromatic heterocycles. The van der Waals surface area contributed by atoms with Crippen molar-refractivity contribution in [2.24, 2.45) is 17.3 Å². The highest BCUT2D eigenvalue weighted by atomic mass is 35.5. The first-order chi connectivity index (χ1) is 17.2. The molecule has 0 saturated heterocycles. The number of fused-ring (bicyclic) bond motifs is 3. The third kappa shape index (κ3) is 4.28. The van der Waals surface area contributed by atoms with Crippen LogP contribution in [0.2, 0.25) is 5.02 Å². The molecule has 2 N–H and O–H groups in total. The van der Waals surface area contributed by atoms with E-state index in [0.717, 1.165) is 31.4 Å². The molecule has 1 heterocycles. The summed E-state index contributed by atoms with van der Waals surface area (Å²) in [6, 6.07) is 16.1. The lowest BCUT2D eigenvalue weighted by Crippen LogP contribution is -2.51. The van der Waals surface area contributed by atoms with Gasteiger partial charge < -0.3 is 5.73 Å². The zero-order valence-corrected chi connectivity index (χ0v) is 22.3.